The highest BCUT2D eigenvalue weighted by atomic mass is 32.1. The summed E-state index contributed by atoms with van der Waals surface area (Å²) < 4.78 is 10.2. The lowest BCUT2D eigenvalue weighted by atomic mass is 10.1. The fraction of sp³-hybridized carbons (Fsp3) is 0.333. The van der Waals surface area contributed by atoms with Gasteiger partial charge in [0, 0.05) is 11.3 Å². The van der Waals surface area contributed by atoms with Crippen LogP contribution < -0.4 is 5.32 Å². The second-order valence-electron chi connectivity index (χ2n) is 4.85. The third kappa shape index (κ3) is 3.06. The predicted octanol–water partition coefficient (Wildman–Crippen LogP) is 2.53. The van der Waals surface area contributed by atoms with Crippen molar-refractivity contribution < 1.29 is 19.1 Å². The third-order valence-corrected chi connectivity index (χ3v) is 5.38. The van der Waals surface area contributed by atoms with Crippen LogP contribution in [0.5, 0.6) is 0 Å². The maximum Gasteiger partial charge on any atom is 0.333 e. The molecule has 22 heavy (non-hydrogen) atoms. The van der Waals surface area contributed by atoms with Crippen LogP contribution in [0, 0.1) is 0 Å². The van der Waals surface area contributed by atoms with E-state index in [0.717, 1.165) is 17.5 Å². The van der Waals surface area contributed by atoms with Crippen molar-refractivity contribution in [2.75, 3.05) is 13.7 Å². The van der Waals surface area contributed by atoms with Gasteiger partial charge in [-0.3, -0.25) is 4.79 Å². The molecule has 0 aromatic carbocycles. The number of fused-ring (bicyclic) bond motifs is 1. The van der Waals surface area contributed by atoms with Gasteiger partial charge in [0.2, 0.25) is 0 Å². The minimum absolute atomic E-state index is 0.263. The summed E-state index contributed by atoms with van der Waals surface area (Å²) in [4.78, 5) is 26.1. The first kappa shape index (κ1) is 15.2. The van der Waals surface area contributed by atoms with E-state index in [1.807, 2.05) is 16.8 Å². The number of nitrogens with one attached hydrogen (secondary N) is 1. The Bertz CT molecular complexity index is 654. The van der Waals surface area contributed by atoms with Crippen molar-refractivity contribution in [1.82, 2.24) is 5.32 Å². The molecule has 1 unspecified atom stereocenters. The minimum atomic E-state index is -0.779. The third-order valence-electron chi connectivity index (χ3n) is 3.44. The topological polar surface area (TPSA) is 64.6 Å². The number of thiophene rings is 2. The van der Waals surface area contributed by atoms with Crippen molar-refractivity contribution in [2.24, 2.45) is 0 Å². The van der Waals surface area contributed by atoms with E-state index in [1.54, 1.807) is 6.07 Å². The summed E-state index contributed by atoms with van der Waals surface area (Å²) in [6, 6.07) is 2.87. The van der Waals surface area contributed by atoms with Gasteiger partial charge in [0.05, 0.1) is 25.2 Å². The van der Waals surface area contributed by atoms with E-state index in [-0.39, 0.29) is 5.91 Å². The molecule has 0 saturated carbocycles. The second-order valence-corrected chi connectivity index (χ2v) is 6.76. The number of esters is 1. The molecule has 1 atom stereocenters. The monoisotopic (exact) mass is 337 g/mol. The van der Waals surface area contributed by atoms with Gasteiger partial charge < -0.3 is 14.8 Å². The number of methoxy groups -OCH3 is 1. The SMILES string of the molecule is COC(=O)C(NC(=O)c1cc2c(s1)CCOC2)c1ccsc1. The largest absolute Gasteiger partial charge is 0.467 e. The maximum atomic E-state index is 12.4. The van der Waals surface area contributed by atoms with Crippen molar-refractivity contribution in [3.63, 3.8) is 0 Å². The zero-order chi connectivity index (χ0) is 15.5. The molecular formula is C15H15NO4S2. The molecule has 116 valence electrons. The van der Waals surface area contributed by atoms with Gasteiger partial charge in [0.25, 0.3) is 5.91 Å². The minimum Gasteiger partial charge on any atom is -0.467 e. The fourth-order valence-electron chi connectivity index (χ4n) is 2.30. The molecule has 1 aliphatic heterocycles. The quantitative estimate of drug-likeness (QED) is 0.871. The van der Waals surface area contributed by atoms with E-state index in [9.17, 15) is 9.59 Å². The molecule has 2 aromatic rings. The highest BCUT2D eigenvalue weighted by Gasteiger charge is 2.26. The molecule has 0 saturated heterocycles. The molecule has 0 bridgehead atoms. The van der Waals surface area contributed by atoms with Crippen LogP contribution in [0.3, 0.4) is 0 Å². The summed E-state index contributed by atoms with van der Waals surface area (Å²) in [5.41, 5.74) is 1.79. The first-order chi connectivity index (χ1) is 10.7. The van der Waals surface area contributed by atoms with E-state index < -0.39 is 12.0 Å². The number of ether oxygens (including phenoxy) is 2. The van der Waals surface area contributed by atoms with Crippen LogP contribution in [-0.4, -0.2) is 25.6 Å². The zero-order valence-corrected chi connectivity index (χ0v) is 13.6. The highest BCUT2D eigenvalue weighted by Crippen LogP contribution is 2.27. The molecule has 3 heterocycles. The molecule has 2 aromatic heterocycles. The summed E-state index contributed by atoms with van der Waals surface area (Å²) in [6.07, 6.45) is 0.832. The molecular weight excluding hydrogens is 322 g/mol. The van der Waals surface area contributed by atoms with E-state index in [1.165, 1.54) is 34.7 Å². The Morgan fingerprint density at radius 3 is 3.00 bits per heavy atom. The van der Waals surface area contributed by atoms with Crippen molar-refractivity contribution in [3.05, 3.63) is 43.8 Å². The van der Waals surface area contributed by atoms with E-state index in [0.29, 0.717) is 18.1 Å². The Morgan fingerprint density at radius 2 is 2.32 bits per heavy atom. The van der Waals surface area contributed by atoms with Gasteiger partial charge in [-0.05, 0) is 34.0 Å². The average Bonchev–Trinajstić information content (AvgIpc) is 3.20. The van der Waals surface area contributed by atoms with Crippen LogP contribution >= 0.6 is 22.7 Å². The van der Waals surface area contributed by atoms with Crippen molar-refractivity contribution in [1.29, 1.82) is 0 Å². The summed E-state index contributed by atoms with van der Waals surface area (Å²) in [5.74, 6) is -0.739. The van der Waals surface area contributed by atoms with Gasteiger partial charge in [-0.15, -0.1) is 11.3 Å². The molecule has 1 N–H and O–H groups in total. The van der Waals surface area contributed by atoms with Crippen LogP contribution in [-0.2, 0) is 27.3 Å². The molecule has 5 nitrogen and oxygen atoms in total. The van der Waals surface area contributed by atoms with Crippen LogP contribution in [0.15, 0.2) is 22.9 Å². The predicted molar refractivity (Wildman–Crippen MR) is 84.2 cm³/mol. The van der Waals surface area contributed by atoms with E-state index in [2.05, 4.69) is 5.32 Å². The molecule has 1 amide bonds. The number of hydrogen-bond donors (Lipinski definition) is 1. The molecule has 0 radical (unpaired) electrons. The fourth-order valence-corrected chi connectivity index (χ4v) is 4.04. The standard InChI is InChI=1S/C15H15NO4S2/c1-19-15(18)13(9-3-5-21-8-9)16-14(17)12-6-10-7-20-4-2-11(10)22-12/h3,5-6,8,13H,2,4,7H2,1H3,(H,16,17). The summed E-state index contributed by atoms with van der Waals surface area (Å²) in [5, 5.41) is 6.45. The lowest BCUT2D eigenvalue weighted by Crippen LogP contribution is -2.33. The van der Waals surface area contributed by atoms with Crippen LogP contribution in [0.1, 0.15) is 31.7 Å². The van der Waals surface area contributed by atoms with Crippen LogP contribution in [0.2, 0.25) is 0 Å². The highest BCUT2D eigenvalue weighted by molar-refractivity contribution is 7.14. The molecule has 1 aliphatic rings. The lowest BCUT2D eigenvalue weighted by Gasteiger charge is -2.14. The Labute approximate surface area is 135 Å². The van der Waals surface area contributed by atoms with Crippen molar-refractivity contribution in [2.45, 2.75) is 19.1 Å². The smallest absolute Gasteiger partial charge is 0.333 e. The number of carbonyl (C=O) groups excluding carboxylic acids is 2. The van der Waals surface area contributed by atoms with Gasteiger partial charge in [0.15, 0.2) is 6.04 Å². The second kappa shape index (κ2) is 6.60. The van der Waals surface area contributed by atoms with Crippen LogP contribution in [0.4, 0.5) is 0 Å². The summed E-state index contributed by atoms with van der Waals surface area (Å²) in [7, 11) is 1.31. The summed E-state index contributed by atoms with van der Waals surface area (Å²) in [6.45, 7) is 1.23. The Hall–Kier alpha value is -1.70. The molecule has 0 fully saturated rings. The van der Waals surface area contributed by atoms with Crippen molar-refractivity contribution in [3.8, 4) is 0 Å². The van der Waals surface area contributed by atoms with Gasteiger partial charge in [-0.25, -0.2) is 4.79 Å². The number of carbonyl (C=O) groups is 2. The van der Waals surface area contributed by atoms with Gasteiger partial charge >= 0.3 is 5.97 Å². The first-order valence-corrected chi connectivity index (χ1v) is 8.55. The normalized spacial score (nSPS) is 15.0. The Balaban J connectivity index is 1.79. The lowest BCUT2D eigenvalue weighted by molar-refractivity contribution is -0.143. The average molecular weight is 337 g/mol. The summed E-state index contributed by atoms with van der Waals surface area (Å²) >= 11 is 2.93. The molecule has 3 rings (SSSR count). The first-order valence-electron chi connectivity index (χ1n) is 6.79. The van der Waals surface area contributed by atoms with E-state index >= 15 is 0 Å². The number of amides is 1. The zero-order valence-electron chi connectivity index (χ0n) is 12.0. The molecule has 0 aliphatic carbocycles. The van der Waals surface area contributed by atoms with Crippen LogP contribution in [0.25, 0.3) is 0 Å². The Kier molecular flexibility index (Phi) is 4.56. The maximum absolute atomic E-state index is 12.4. The van der Waals surface area contributed by atoms with E-state index in [4.69, 9.17) is 9.47 Å². The van der Waals surface area contributed by atoms with Crippen molar-refractivity contribution >= 4 is 34.6 Å². The number of hydrogen-bond acceptors (Lipinski definition) is 6. The Morgan fingerprint density at radius 1 is 1.45 bits per heavy atom. The van der Waals surface area contributed by atoms with Gasteiger partial charge in [-0.1, -0.05) is 0 Å². The van der Waals surface area contributed by atoms with Gasteiger partial charge in [0.1, 0.15) is 0 Å². The number of rotatable bonds is 4. The molecule has 0 spiro atoms. The van der Waals surface area contributed by atoms with Gasteiger partial charge in [-0.2, -0.15) is 11.3 Å². The molecule has 7 heteroatoms.